The van der Waals surface area contributed by atoms with Crippen molar-refractivity contribution in [1.82, 2.24) is 10.4 Å². The summed E-state index contributed by atoms with van der Waals surface area (Å²) in [6, 6.07) is 18.5. The topological polar surface area (TPSA) is 91.7 Å². The third-order valence-electron chi connectivity index (χ3n) is 4.11. The van der Waals surface area contributed by atoms with Crippen LogP contribution in [0.3, 0.4) is 0 Å². The zero-order valence-electron chi connectivity index (χ0n) is 16.1. The van der Waals surface area contributed by atoms with Crippen LogP contribution in [-0.2, 0) is 16.6 Å². The van der Waals surface area contributed by atoms with Gasteiger partial charge in [-0.1, -0.05) is 29.8 Å². The van der Waals surface area contributed by atoms with Gasteiger partial charge in [-0.15, -0.1) is 0 Å². The van der Waals surface area contributed by atoms with Crippen molar-refractivity contribution < 1.29 is 13.2 Å². The quantitative estimate of drug-likeness (QED) is 0.448. The van der Waals surface area contributed by atoms with Crippen molar-refractivity contribution in [1.29, 1.82) is 0 Å². The van der Waals surface area contributed by atoms with Crippen molar-refractivity contribution in [2.75, 3.05) is 10.6 Å². The third-order valence-corrected chi connectivity index (χ3v) is 5.50. The standard InChI is InChI=1S/C21H19ClN4O3S/c1-30(28,29)26(15-16-5-9-18(22)10-6-16)20-11-7-17(8-12-20)21(27)25-24-14-19-4-2-3-13-23-19/h2-14H,15H2,1H3,(H,25,27)/b24-14-. The number of aromatic nitrogens is 1. The van der Waals surface area contributed by atoms with Gasteiger partial charge in [0.05, 0.1) is 30.4 Å². The highest BCUT2D eigenvalue weighted by Crippen LogP contribution is 2.22. The number of anilines is 1. The smallest absolute Gasteiger partial charge is 0.267 e. The fraction of sp³-hybridized carbons (Fsp3) is 0.0952. The predicted molar refractivity (Wildman–Crippen MR) is 118 cm³/mol. The van der Waals surface area contributed by atoms with Gasteiger partial charge in [0.25, 0.3) is 5.91 Å². The first kappa shape index (κ1) is 21.5. The highest BCUT2D eigenvalue weighted by Gasteiger charge is 2.18. The number of nitrogens with one attached hydrogen (secondary N) is 1. The lowest BCUT2D eigenvalue weighted by atomic mass is 10.2. The van der Waals surface area contributed by atoms with Gasteiger partial charge in [-0.2, -0.15) is 5.10 Å². The van der Waals surface area contributed by atoms with Gasteiger partial charge >= 0.3 is 0 Å². The first-order valence-corrected chi connectivity index (χ1v) is 11.1. The molecule has 1 N–H and O–H groups in total. The molecule has 0 bridgehead atoms. The first-order chi connectivity index (χ1) is 14.3. The Morgan fingerprint density at radius 2 is 1.80 bits per heavy atom. The molecule has 0 radical (unpaired) electrons. The zero-order valence-corrected chi connectivity index (χ0v) is 17.6. The van der Waals surface area contributed by atoms with Crippen LogP contribution >= 0.6 is 11.6 Å². The van der Waals surface area contributed by atoms with Crippen molar-refractivity contribution >= 4 is 39.4 Å². The summed E-state index contributed by atoms with van der Waals surface area (Å²) in [5.74, 6) is -0.419. The summed E-state index contributed by atoms with van der Waals surface area (Å²) in [7, 11) is -3.53. The Kier molecular flexibility index (Phi) is 6.81. The van der Waals surface area contributed by atoms with Crippen molar-refractivity contribution in [3.8, 4) is 0 Å². The highest BCUT2D eigenvalue weighted by molar-refractivity contribution is 7.92. The lowest BCUT2D eigenvalue weighted by Gasteiger charge is -2.22. The van der Waals surface area contributed by atoms with Crippen molar-refractivity contribution in [3.05, 3.63) is 94.8 Å². The molecular formula is C21H19ClN4O3S. The fourth-order valence-electron chi connectivity index (χ4n) is 2.61. The number of benzene rings is 2. The minimum absolute atomic E-state index is 0.149. The van der Waals surface area contributed by atoms with Gasteiger partial charge in [0.15, 0.2) is 0 Å². The molecule has 7 nitrogen and oxygen atoms in total. The second kappa shape index (κ2) is 9.51. The maximum absolute atomic E-state index is 12.3. The summed E-state index contributed by atoms with van der Waals surface area (Å²) in [4.78, 5) is 16.3. The van der Waals surface area contributed by atoms with Gasteiger partial charge < -0.3 is 0 Å². The first-order valence-electron chi connectivity index (χ1n) is 8.89. The number of hydrogen-bond acceptors (Lipinski definition) is 5. The summed E-state index contributed by atoms with van der Waals surface area (Å²) in [6.45, 7) is 0.149. The van der Waals surface area contributed by atoms with E-state index >= 15 is 0 Å². The van der Waals surface area contributed by atoms with Gasteiger partial charge in [0.1, 0.15) is 0 Å². The maximum Gasteiger partial charge on any atom is 0.271 e. The number of hydrazone groups is 1. The third kappa shape index (κ3) is 5.88. The van der Waals surface area contributed by atoms with Crippen LogP contribution in [0.25, 0.3) is 0 Å². The summed E-state index contributed by atoms with van der Waals surface area (Å²) < 4.78 is 25.8. The van der Waals surface area contributed by atoms with Crippen molar-refractivity contribution in [3.63, 3.8) is 0 Å². The Hall–Kier alpha value is -3.23. The van der Waals surface area contributed by atoms with E-state index in [9.17, 15) is 13.2 Å². The van der Waals surface area contributed by atoms with E-state index in [0.717, 1.165) is 11.8 Å². The van der Waals surface area contributed by atoms with Crippen LogP contribution in [0, 0.1) is 0 Å². The van der Waals surface area contributed by atoms with E-state index in [-0.39, 0.29) is 6.54 Å². The van der Waals surface area contributed by atoms with Gasteiger partial charge in [-0.05, 0) is 54.1 Å². The molecule has 3 aromatic rings. The molecular weight excluding hydrogens is 424 g/mol. The minimum Gasteiger partial charge on any atom is -0.267 e. The molecule has 1 amide bonds. The monoisotopic (exact) mass is 442 g/mol. The Bertz CT molecular complexity index is 1130. The average Bonchev–Trinajstić information content (AvgIpc) is 2.73. The molecule has 1 aromatic heterocycles. The molecule has 9 heteroatoms. The molecule has 0 aliphatic carbocycles. The van der Waals surface area contributed by atoms with Crippen LogP contribution in [0.5, 0.6) is 0 Å². The van der Waals surface area contributed by atoms with Gasteiger partial charge in [0.2, 0.25) is 10.0 Å². The minimum atomic E-state index is -3.53. The molecule has 0 atom stereocenters. The van der Waals surface area contributed by atoms with E-state index in [1.807, 2.05) is 6.07 Å². The molecule has 154 valence electrons. The molecule has 3 rings (SSSR count). The lowest BCUT2D eigenvalue weighted by Crippen LogP contribution is -2.29. The molecule has 0 spiro atoms. The Morgan fingerprint density at radius 3 is 2.40 bits per heavy atom. The Balaban J connectivity index is 1.72. The van der Waals surface area contributed by atoms with Gasteiger partial charge in [-0.25, -0.2) is 13.8 Å². The number of halogens is 1. The number of hydrogen-bond donors (Lipinski definition) is 1. The number of nitrogens with zero attached hydrogens (tertiary/aromatic N) is 3. The summed E-state index contributed by atoms with van der Waals surface area (Å²) in [5, 5.41) is 4.45. The second-order valence-electron chi connectivity index (χ2n) is 6.40. The fourth-order valence-corrected chi connectivity index (χ4v) is 3.62. The number of carbonyl (C=O) groups excluding carboxylic acids is 1. The lowest BCUT2D eigenvalue weighted by molar-refractivity contribution is 0.0955. The molecule has 0 unspecified atom stereocenters. The molecule has 1 heterocycles. The number of carbonyl (C=O) groups is 1. The molecule has 0 saturated heterocycles. The van der Waals surface area contributed by atoms with E-state index < -0.39 is 15.9 Å². The number of amides is 1. The number of rotatable bonds is 7. The Labute approximate surface area is 180 Å². The van der Waals surface area contributed by atoms with E-state index in [2.05, 4.69) is 15.5 Å². The van der Waals surface area contributed by atoms with Crippen molar-refractivity contribution in [2.45, 2.75) is 6.54 Å². The van der Waals surface area contributed by atoms with Crippen LogP contribution in [-0.4, -0.2) is 31.8 Å². The summed E-state index contributed by atoms with van der Waals surface area (Å²) in [6.07, 6.45) is 4.19. The molecule has 0 fully saturated rings. The van der Waals surface area contributed by atoms with E-state index in [1.165, 1.54) is 10.5 Å². The van der Waals surface area contributed by atoms with E-state index in [4.69, 9.17) is 11.6 Å². The largest absolute Gasteiger partial charge is 0.271 e. The van der Waals surface area contributed by atoms with Crippen LogP contribution in [0.2, 0.25) is 5.02 Å². The molecule has 2 aromatic carbocycles. The second-order valence-corrected chi connectivity index (χ2v) is 8.74. The van der Waals surface area contributed by atoms with Crippen molar-refractivity contribution in [2.24, 2.45) is 5.10 Å². The average molecular weight is 443 g/mol. The highest BCUT2D eigenvalue weighted by atomic mass is 35.5. The molecule has 0 aliphatic rings. The Morgan fingerprint density at radius 1 is 1.10 bits per heavy atom. The van der Waals surface area contributed by atoms with Crippen LogP contribution < -0.4 is 9.73 Å². The number of pyridine rings is 1. The number of sulfonamides is 1. The van der Waals surface area contributed by atoms with Gasteiger partial charge in [0, 0.05) is 16.8 Å². The maximum atomic E-state index is 12.3. The van der Waals surface area contributed by atoms with Crippen LogP contribution in [0.15, 0.2) is 78.0 Å². The molecule has 0 saturated carbocycles. The molecule has 0 aliphatic heterocycles. The molecule has 30 heavy (non-hydrogen) atoms. The van der Waals surface area contributed by atoms with Crippen LogP contribution in [0.1, 0.15) is 21.6 Å². The van der Waals surface area contributed by atoms with Gasteiger partial charge in [-0.3, -0.25) is 14.1 Å². The predicted octanol–water partition coefficient (Wildman–Crippen LogP) is 3.47. The van der Waals surface area contributed by atoms with Crippen LogP contribution in [0.4, 0.5) is 5.69 Å². The zero-order chi connectivity index (χ0) is 21.6. The summed E-state index contributed by atoms with van der Waals surface area (Å²) >= 11 is 5.89. The summed E-state index contributed by atoms with van der Waals surface area (Å²) in [5.41, 5.74) is 4.61. The van der Waals surface area contributed by atoms with E-state index in [1.54, 1.807) is 66.9 Å². The normalized spacial score (nSPS) is 11.4. The van der Waals surface area contributed by atoms with E-state index in [0.29, 0.717) is 22.0 Å². The SMILES string of the molecule is CS(=O)(=O)N(Cc1ccc(Cl)cc1)c1ccc(C(=O)N/N=C\c2ccccn2)cc1.